The molecule has 1 aromatic rings. The Morgan fingerprint density at radius 1 is 1.36 bits per heavy atom. The average Bonchev–Trinajstić information content (AvgIpc) is 2.06. The van der Waals surface area contributed by atoms with E-state index in [-0.39, 0.29) is 6.10 Å². The minimum atomic E-state index is 0.275. The highest BCUT2D eigenvalue weighted by Crippen LogP contribution is 2.20. The van der Waals surface area contributed by atoms with Crippen LogP contribution in [0.3, 0.4) is 0 Å². The van der Waals surface area contributed by atoms with Crippen molar-refractivity contribution in [2.24, 2.45) is 5.92 Å². The van der Waals surface area contributed by atoms with Gasteiger partial charge in [-0.3, -0.25) is 0 Å². The lowest BCUT2D eigenvalue weighted by Gasteiger charge is -2.32. The molecule has 0 amide bonds. The number of hydrogen-bond donors (Lipinski definition) is 1. The van der Waals surface area contributed by atoms with E-state index in [1.54, 1.807) is 0 Å². The summed E-state index contributed by atoms with van der Waals surface area (Å²) in [5.74, 6) is 1.54. The third kappa shape index (κ3) is 2.20. The number of ether oxygens (including phenoxy) is 1. The molecule has 2 rings (SSSR count). The summed E-state index contributed by atoms with van der Waals surface area (Å²) in [5, 5.41) is 3.98. The van der Waals surface area contributed by atoms with Gasteiger partial charge in [-0.2, -0.15) is 0 Å². The first-order valence-electron chi connectivity index (χ1n) is 4.88. The molecule has 1 heterocycles. The Morgan fingerprint density at radius 2 is 2.00 bits per heavy atom. The highest BCUT2D eigenvalue weighted by Gasteiger charge is 2.24. The topological polar surface area (TPSA) is 21.3 Å². The fourth-order valence-corrected chi connectivity index (χ4v) is 1.59. The van der Waals surface area contributed by atoms with Crippen molar-refractivity contribution in [3.63, 3.8) is 0 Å². The summed E-state index contributed by atoms with van der Waals surface area (Å²) < 4.78 is 5.77. The molecule has 1 N–H and O–H groups in total. The number of halogens is 1. The van der Waals surface area contributed by atoms with Crippen LogP contribution >= 0.6 is 11.6 Å². The van der Waals surface area contributed by atoms with Gasteiger partial charge in [0.05, 0.1) is 0 Å². The van der Waals surface area contributed by atoms with Crippen molar-refractivity contribution in [3.05, 3.63) is 29.3 Å². The van der Waals surface area contributed by atoms with E-state index in [1.807, 2.05) is 24.3 Å². The minimum Gasteiger partial charge on any atom is -0.490 e. The van der Waals surface area contributed by atoms with Gasteiger partial charge in [-0.15, -0.1) is 0 Å². The molecule has 1 fully saturated rings. The van der Waals surface area contributed by atoms with E-state index in [2.05, 4.69) is 12.2 Å². The highest BCUT2D eigenvalue weighted by molar-refractivity contribution is 6.30. The van der Waals surface area contributed by atoms with Crippen LogP contribution in [0.15, 0.2) is 24.3 Å². The monoisotopic (exact) mass is 211 g/mol. The van der Waals surface area contributed by atoms with Crippen molar-refractivity contribution in [1.29, 1.82) is 0 Å². The molecule has 0 bridgehead atoms. The predicted octanol–water partition coefficient (Wildman–Crippen LogP) is 2.33. The van der Waals surface area contributed by atoms with E-state index < -0.39 is 0 Å². The second-order valence-corrected chi connectivity index (χ2v) is 4.13. The molecule has 0 saturated carbocycles. The van der Waals surface area contributed by atoms with Crippen molar-refractivity contribution < 1.29 is 4.74 Å². The van der Waals surface area contributed by atoms with E-state index in [0.717, 1.165) is 23.9 Å². The largest absolute Gasteiger partial charge is 0.490 e. The number of hydrogen-bond acceptors (Lipinski definition) is 2. The van der Waals surface area contributed by atoms with Gasteiger partial charge in [0.25, 0.3) is 0 Å². The lowest BCUT2D eigenvalue weighted by Crippen LogP contribution is -2.49. The van der Waals surface area contributed by atoms with E-state index in [9.17, 15) is 0 Å². The maximum Gasteiger partial charge on any atom is 0.119 e. The Morgan fingerprint density at radius 3 is 2.50 bits per heavy atom. The van der Waals surface area contributed by atoms with Crippen LogP contribution in [0.4, 0.5) is 0 Å². The molecule has 1 saturated heterocycles. The summed E-state index contributed by atoms with van der Waals surface area (Å²) in [6, 6.07) is 7.51. The molecule has 1 atom stereocenters. The zero-order valence-corrected chi connectivity index (χ0v) is 8.92. The summed E-state index contributed by atoms with van der Waals surface area (Å²) in [7, 11) is 0. The molecule has 1 aromatic carbocycles. The van der Waals surface area contributed by atoms with Gasteiger partial charge in [-0.1, -0.05) is 11.6 Å². The van der Waals surface area contributed by atoms with Crippen molar-refractivity contribution >= 4 is 11.6 Å². The van der Waals surface area contributed by atoms with Gasteiger partial charge in [0, 0.05) is 24.0 Å². The first-order chi connectivity index (χ1) is 6.75. The van der Waals surface area contributed by atoms with Crippen LogP contribution in [0.2, 0.25) is 5.02 Å². The van der Waals surface area contributed by atoms with Crippen LogP contribution in [0.25, 0.3) is 0 Å². The molecule has 2 nitrogen and oxygen atoms in total. The zero-order valence-electron chi connectivity index (χ0n) is 8.16. The Bertz CT molecular complexity index is 295. The van der Waals surface area contributed by atoms with Crippen molar-refractivity contribution in [1.82, 2.24) is 5.32 Å². The van der Waals surface area contributed by atoms with Gasteiger partial charge in [0.1, 0.15) is 11.9 Å². The SMILES string of the molecule is C[C@@H](Oc1ccc(Cl)cc1)C1CNC1. The lowest BCUT2D eigenvalue weighted by molar-refractivity contribution is 0.115. The van der Waals surface area contributed by atoms with Gasteiger partial charge in [0.15, 0.2) is 0 Å². The summed E-state index contributed by atoms with van der Waals surface area (Å²) in [6.07, 6.45) is 0.275. The minimum absolute atomic E-state index is 0.275. The fraction of sp³-hybridized carbons (Fsp3) is 0.455. The summed E-state index contributed by atoms with van der Waals surface area (Å²) in [5.41, 5.74) is 0. The van der Waals surface area contributed by atoms with Crippen molar-refractivity contribution in [2.75, 3.05) is 13.1 Å². The van der Waals surface area contributed by atoms with Crippen LogP contribution in [0.5, 0.6) is 5.75 Å². The maximum atomic E-state index is 5.78. The van der Waals surface area contributed by atoms with Gasteiger partial charge in [-0.05, 0) is 31.2 Å². The second-order valence-electron chi connectivity index (χ2n) is 3.70. The Kier molecular flexibility index (Phi) is 2.94. The van der Waals surface area contributed by atoms with E-state index in [1.165, 1.54) is 0 Å². The van der Waals surface area contributed by atoms with Gasteiger partial charge < -0.3 is 10.1 Å². The third-order valence-corrected chi connectivity index (χ3v) is 2.86. The zero-order chi connectivity index (χ0) is 9.97. The molecular formula is C11H14ClNO. The van der Waals surface area contributed by atoms with Crippen LogP contribution in [0, 0.1) is 5.92 Å². The summed E-state index contributed by atoms with van der Waals surface area (Å²) >= 11 is 5.78. The Labute approximate surface area is 89.2 Å². The van der Waals surface area contributed by atoms with Crippen molar-refractivity contribution in [3.8, 4) is 5.75 Å². The molecule has 0 unspecified atom stereocenters. The average molecular weight is 212 g/mol. The molecule has 3 heteroatoms. The van der Waals surface area contributed by atoms with E-state index >= 15 is 0 Å². The van der Waals surface area contributed by atoms with E-state index in [4.69, 9.17) is 16.3 Å². The van der Waals surface area contributed by atoms with Crippen LogP contribution in [-0.2, 0) is 0 Å². The van der Waals surface area contributed by atoms with Crippen molar-refractivity contribution in [2.45, 2.75) is 13.0 Å². The Hall–Kier alpha value is -0.730. The van der Waals surface area contributed by atoms with Gasteiger partial charge in [-0.25, -0.2) is 0 Å². The molecule has 1 aliphatic rings. The standard InChI is InChI=1S/C11H14ClNO/c1-8(9-6-13-7-9)14-11-4-2-10(12)3-5-11/h2-5,8-9,13H,6-7H2,1H3/t8-/m1/s1. The van der Waals surface area contributed by atoms with Crippen LogP contribution in [-0.4, -0.2) is 19.2 Å². The van der Waals surface area contributed by atoms with Gasteiger partial charge in [0.2, 0.25) is 0 Å². The van der Waals surface area contributed by atoms with Crippen LogP contribution < -0.4 is 10.1 Å². The lowest BCUT2D eigenvalue weighted by atomic mass is 9.98. The Balaban J connectivity index is 1.92. The highest BCUT2D eigenvalue weighted by atomic mass is 35.5. The predicted molar refractivity (Wildman–Crippen MR) is 57.9 cm³/mol. The molecule has 14 heavy (non-hydrogen) atoms. The number of nitrogens with one attached hydrogen (secondary N) is 1. The normalized spacial score (nSPS) is 18.7. The molecule has 0 aliphatic carbocycles. The number of benzene rings is 1. The number of rotatable bonds is 3. The first-order valence-corrected chi connectivity index (χ1v) is 5.26. The second kappa shape index (κ2) is 4.20. The smallest absolute Gasteiger partial charge is 0.119 e. The molecule has 0 spiro atoms. The maximum absolute atomic E-state index is 5.78. The summed E-state index contributed by atoms with van der Waals surface area (Å²) in [4.78, 5) is 0. The summed E-state index contributed by atoms with van der Waals surface area (Å²) in [6.45, 7) is 4.24. The van der Waals surface area contributed by atoms with Crippen LogP contribution in [0.1, 0.15) is 6.92 Å². The molecule has 1 aliphatic heterocycles. The third-order valence-electron chi connectivity index (χ3n) is 2.61. The fourth-order valence-electron chi connectivity index (χ4n) is 1.47. The van der Waals surface area contributed by atoms with Gasteiger partial charge >= 0.3 is 0 Å². The van der Waals surface area contributed by atoms with E-state index in [0.29, 0.717) is 5.92 Å². The quantitative estimate of drug-likeness (QED) is 0.829. The first kappa shape index (κ1) is 9.81. The molecular weight excluding hydrogens is 198 g/mol. The molecule has 0 radical (unpaired) electrons. The molecule has 76 valence electrons. The molecule has 0 aromatic heterocycles.